The van der Waals surface area contributed by atoms with Crippen LogP contribution in [-0.2, 0) is 22.4 Å². The predicted octanol–water partition coefficient (Wildman–Crippen LogP) is 5.84. The van der Waals surface area contributed by atoms with Crippen LogP contribution >= 0.6 is 23.1 Å². The van der Waals surface area contributed by atoms with E-state index in [1.54, 1.807) is 31.3 Å². The highest BCUT2D eigenvalue weighted by Gasteiger charge is 2.29. The van der Waals surface area contributed by atoms with E-state index < -0.39 is 12.6 Å². The number of carbonyl (C=O) groups is 2. The summed E-state index contributed by atoms with van der Waals surface area (Å²) in [4.78, 5) is 35.2. The molecule has 0 radical (unpaired) electrons. The van der Waals surface area contributed by atoms with E-state index in [1.807, 2.05) is 0 Å². The first-order valence-corrected chi connectivity index (χ1v) is 13.3. The lowest BCUT2D eigenvalue weighted by Gasteiger charge is -2.18. The van der Waals surface area contributed by atoms with Gasteiger partial charge in [-0.2, -0.15) is 8.78 Å². The number of alkyl halides is 2. The molecule has 7 nitrogen and oxygen atoms in total. The maximum absolute atomic E-state index is 12.8. The Bertz CT molecular complexity index is 1230. The number of amides is 1. The molecule has 1 aliphatic carbocycles. The summed E-state index contributed by atoms with van der Waals surface area (Å²) in [5.41, 5.74) is 2.74. The van der Waals surface area contributed by atoms with Gasteiger partial charge in [-0.15, -0.1) is 11.3 Å². The van der Waals surface area contributed by atoms with Crippen molar-refractivity contribution in [3.8, 4) is 17.0 Å². The summed E-state index contributed by atoms with van der Waals surface area (Å²) in [5, 5.41) is 3.80. The molecule has 0 saturated heterocycles. The molecule has 36 heavy (non-hydrogen) atoms. The monoisotopic (exact) mass is 533 g/mol. The molecular formula is C25H25F2N3O4S2. The fraction of sp³-hybridized carbons (Fsp3) is 0.360. The number of ether oxygens (including phenoxy) is 2. The summed E-state index contributed by atoms with van der Waals surface area (Å²) < 4.78 is 34.3. The fourth-order valence-electron chi connectivity index (χ4n) is 3.93. The Labute approximate surface area is 215 Å². The molecule has 190 valence electrons. The molecule has 3 aromatic rings. The number of hydrogen-bond donors (Lipinski definition) is 1. The summed E-state index contributed by atoms with van der Waals surface area (Å²) in [5.74, 6) is -0.0526. The summed E-state index contributed by atoms with van der Waals surface area (Å²) in [7, 11) is 0. The van der Waals surface area contributed by atoms with Gasteiger partial charge < -0.3 is 14.8 Å². The van der Waals surface area contributed by atoms with Gasteiger partial charge in [0.15, 0.2) is 5.16 Å². The molecule has 1 aliphatic rings. The van der Waals surface area contributed by atoms with Gasteiger partial charge in [-0.1, -0.05) is 18.7 Å². The van der Waals surface area contributed by atoms with Crippen molar-refractivity contribution in [2.24, 2.45) is 5.92 Å². The van der Waals surface area contributed by atoms with Gasteiger partial charge in [0.05, 0.1) is 23.6 Å². The van der Waals surface area contributed by atoms with Gasteiger partial charge in [0, 0.05) is 16.6 Å². The first-order chi connectivity index (χ1) is 17.3. The molecule has 2 aromatic heterocycles. The fourth-order valence-corrected chi connectivity index (χ4v) is 5.97. The van der Waals surface area contributed by atoms with Gasteiger partial charge in [-0.25, -0.2) is 14.8 Å². The minimum atomic E-state index is -2.89. The SMILES string of the molecule is CCOC(=O)c1c(NC(=O)CSc2nccc(-c3ccc(OC(F)F)cc3)n2)sc2c1CC[C@@H](C)C2. The van der Waals surface area contributed by atoms with Crippen molar-refractivity contribution >= 4 is 40.0 Å². The summed E-state index contributed by atoms with van der Waals surface area (Å²) >= 11 is 2.60. The lowest BCUT2D eigenvalue weighted by atomic mass is 9.88. The third-order valence-corrected chi connectivity index (χ3v) is 7.62. The second kappa shape index (κ2) is 11.8. The Morgan fingerprint density at radius 3 is 2.75 bits per heavy atom. The van der Waals surface area contributed by atoms with Crippen LogP contribution < -0.4 is 10.1 Å². The Morgan fingerprint density at radius 2 is 2.03 bits per heavy atom. The largest absolute Gasteiger partial charge is 0.462 e. The first-order valence-electron chi connectivity index (χ1n) is 11.5. The van der Waals surface area contributed by atoms with E-state index in [4.69, 9.17) is 4.74 Å². The van der Waals surface area contributed by atoms with Crippen molar-refractivity contribution in [2.75, 3.05) is 17.7 Å². The van der Waals surface area contributed by atoms with Gasteiger partial charge in [0.2, 0.25) is 5.91 Å². The zero-order chi connectivity index (χ0) is 25.7. The lowest BCUT2D eigenvalue weighted by molar-refractivity contribution is -0.113. The normalized spacial score (nSPS) is 14.9. The van der Waals surface area contributed by atoms with Crippen molar-refractivity contribution in [3.63, 3.8) is 0 Å². The van der Waals surface area contributed by atoms with Crippen LogP contribution in [0.5, 0.6) is 5.75 Å². The van der Waals surface area contributed by atoms with Crippen molar-refractivity contribution < 1.29 is 27.8 Å². The Balaban J connectivity index is 1.43. The van der Waals surface area contributed by atoms with Gasteiger partial charge in [0.25, 0.3) is 0 Å². The van der Waals surface area contributed by atoms with Crippen molar-refractivity contribution in [2.45, 2.75) is 44.9 Å². The van der Waals surface area contributed by atoms with Crippen LogP contribution in [0.1, 0.15) is 41.1 Å². The molecule has 11 heteroatoms. The maximum Gasteiger partial charge on any atom is 0.387 e. The third kappa shape index (κ3) is 6.38. The standard InChI is InChI=1S/C25H25F2N3O4S2/c1-3-33-23(32)21-17-9-4-14(2)12-19(17)36-22(21)30-20(31)13-35-25-28-11-10-18(29-25)15-5-7-16(8-6-15)34-24(26)27/h5-8,10-11,14,24H,3-4,9,12-13H2,1-2H3,(H,30,31)/t14-/m1/s1. The Kier molecular flexibility index (Phi) is 8.52. The number of nitrogens with one attached hydrogen (secondary N) is 1. The zero-order valence-corrected chi connectivity index (χ0v) is 21.4. The predicted molar refractivity (Wildman–Crippen MR) is 135 cm³/mol. The number of halogens is 2. The van der Waals surface area contributed by atoms with Crippen molar-refractivity contribution in [1.29, 1.82) is 0 Å². The third-order valence-electron chi connectivity index (χ3n) is 5.59. The van der Waals surface area contributed by atoms with Gasteiger partial charge in [-0.3, -0.25) is 4.79 Å². The van der Waals surface area contributed by atoms with Crippen LogP contribution in [0, 0.1) is 5.92 Å². The number of anilines is 1. The average molecular weight is 534 g/mol. The van der Waals surface area contributed by atoms with Crippen LogP contribution in [0.3, 0.4) is 0 Å². The number of esters is 1. The van der Waals surface area contributed by atoms with Crippen LogP contribution in [-0.4, -0.2) is 40.8 Å². The number of rotatable bonds is 9. The van der Waals surface area contributed by atoms with E-state index in [1.165, 1.54) is 23.5 Å². The second-order valence-electron chi connectivity index (χ2n) is 8.24. The molecule has 1 aromatic carbocycles. The van der Waals surface area contributed by atoms with Crippen molar-refractivity contribution in [3.05, 3.63) is 52.5 Å². The number of aromatic nitrogens is 2. The highest BCUT2D eigenvalue weighted by Crippen LogP contribution is 2.40. The summed E-state index contributed by atoms with van der Waals surface area (Å²) in [6, 6.07) is 7.81. The van der Waals surface area contributed by atoms with Gasteiger partial charge in [0.1, 0.15) is 10.8 Å². The second-order valence-corrected chi connectivity index (χ2v) is 10.3. The molecular weight excluding hydrogens is 508 g/mol. The van der Waals surface area contributed by atoms with E-state index in [2.05, 4.69) is 26.9 Å². The lowest BCUT2D eigenvalue weighted by Crippen LogP contribution is -2.17. The summed E-state index contributed by atoms with van der Waals surface area (Å²) in [6.45, 7) is 1.31. The molecule has 0 saturated carbocycles. The molecule has 0 fully saturated rings. The van der Waals surface area contributed by atoms with Gasteiger partial charge in [-0.05, 0) is 68.0 Å². The molecule has 2 heterocycles. The number of thioether (sulfide) groups is 1. The number of thiophene rings is 1. The average Bonchev–Trinajstić information content (AvgIpc) is 3.20. The topological polar surface area (TPSA) is 90.4 Å². The van der Waals surface area contributed by atoms with Crippen LogP contribution in [0.15, 0.2) is 41.7 Å². The number of carbonyl (C=O) groups excluding carboxylic acids is 2. The number of fused-ring (bicyclic) bond motifs is 1. The molecule has 4 rings (SSSR count). The van der Waals surface area contributed by atoms with Crippen molar-refractivity contribution in [1.82, 2.24) is 9.97 Å². The van der Waals surface area contributed by atoms with E-state index in [9.17, 15) is 18.4 Å². The maximum atomic E-state index is 12.8. The summed E-state index contributed by atoms with van der Waals surface area (Å²) in [6.07, 6.45) is 4.24. The number of hydrogen-bond acceptors (Lipinski definition) is 8. The minimum absolute atomic E-state index is 0.0475. The molecule has 1 atom stereocenters. The van der Waals surface area contributed by atoms with E-state index in [0.717, 1.165) is 41.5 Å². The first kappa shape index (κ1) is 26.0. The Hall–Kier alpha value is -3.05. The van der Waals surface area contributed by atoms with Crippen LogP contribution in [0.2, 0.25) is 0 Å². The van der Waals surface area contributed by atoms with E-state index in [0.29, 0.717) is 32.9 Å². The van der Waals surface area contributed by atoms with E-state index >= 15 is 0 Å². The smallest absolute Gasteiger partial charge is 0.387 e. The molecule has 0 spiro atoms. The van der Waals surface area contributed by atoms with Crippen LogP contribution in [0.4, 0.5) is 13.8 Å². The quantitative estimate of drug-likeness (QED) is 0.210. The molecule has 0 unspecified atom stereocenters. The highest BCUT2D eigenvalue weighted by atomic mass is 32.2. The van der Waals surface area contributed by atoms with E-state index in [-0.39, 0.29) is 24.0 Å². The van der Waals surface area contributed by atoms with Gasteiger partial charge >= 0.3 is 12.6 Å². The molecule has 1 N–H and O–H groups in total. The zero-order valence-electron chi connectivity index (χ0n) is 19.8. The number of benzene rings is 1. The highest BCUT2D eigenvalue weighted by molar-refractivity contribution is 7.99. The Morgan fingerprint density at radius 1 is 1.25 bits per heavy atom. The molecule has 1 amide bonds. The number of nitrogens with zero attached hydrogens (tertiary/aromatic N) is 2. The van der Waals surface area contributed by atoms with Crippen LogP contribution in [0.25, 0.3) is 11.3 Å². The molecule has 0 bridgehead atoms. The minimum Gasteiger partial charge on any atom is -0.462 e. The molecule has 0 aliphatic heterocycles.